The molecule has 1 aromatic rings. The summed E-state index contributed by atoms with van der Waals surface area (Å²) in [7, 11) is 1.86. The first-order valence-electron chi connectivity index (χ1n) is 10.2. The molecule has 6 nitrogen and oxygen atoms in total. The first-order chi connectivity index (χ1) is 13.2. The monoisotopic (exact) mass is 499 g/mol. The third-order valence-corrected chi connectivity index (χ3v) is 5.81. The summed E-state index contributed by atoms with van der Waals surface area (Å²) in [4.78, 5) is 20.6. The molecule has 0 aromatic heterocycles. The summed E-state index contributed by atoms with van der Waals surface area (Å²) in [5, 5.41) is 3.51. The highest BCUT2D eigenvalue weighted by molar-refractivity contribution is 14.0. The minimum absolute atomic E-state index is 0. The molecule has 1 amide bonds. The molecular formula is C21H34IN5O. The molecule has 0 bridgehead atoms. The highest BCUT2D eigenvalue weighted by atomic mass is 127. The van der Waals surface area contributed by atoms with E-state index < -0.39 is 0 Å². The van der Waals surface area contributed by atoms with Crippen LogP contribution in [0.3, 0.4) is 0 Å². The molecule has 2 aliphatic rings. The number of carbonyl (C=O) groups is 1. The van der Waals surface area contributed by atoms with Crippen molar-refractivity contribution in [3.8, 4) is 0 Å². The van der Waals surface area contributed by atoms with Crippen molar-refractivity contribution in [1.29, 1.82) is 0 Å². The van der Waals surface area contributed by atoms with Crippen LogP contribution in [0.5, 0.6) is 0 Å². The summed E-state index contributed by atoms with van der Waals surface area (Å²) in [6.45, 7) is 5.86. The third kappa shape index (κ3) is 6.34. The quantitative estimate of drug-likeness (QED) is 0.273. The highest BCUT2D eigenvalue weighted by Crippen LogP contribution is 2.26. The van der Waals surface area contributed by atoms with Gasteiger partial charge in [0.15, 0.2) is 5.96 Å². The van der Waals surface area contributed by atoms with Gasteiger partial charge in [-0.25, -0.2) is 0 Å². The van der Waals surface area contributed by atoms with Crippen molar-refractivity contribution in [1.82, 2.24) is 15.1 Å². The van der Waals surface area contributed by atoms with Gasteiger partial charge in [-0.2, -0.15) is 0 Å². The number of amides is 1. The van der Waals surface area contributed by atoms with E-state index in [0.717, 1.165) is 64.5 Å². The zero-order valence-corrected chi connectivity index (χ0v) is 19.2. The predicted octanol–water partition coefficient (Wildman–Crippen LogP) is 2.26. The Bertz CT molecular complexity index is 639. The van der Waals surface area contributed by atoms with Crippen LogP contribution >= 0.6 is 24.0 Å². The third-order valence-electron chi connectivity index (χ3n) is 5.81. The molecule has 2 atom stereocenters. The van der Waals surface area contributed by atoms with E-state index in [-0.39, 0.29) is 35.8 Å². The van der Waals surface area contributed by atoms with Gasteiger partial charge in [-0.05, 0) is 44.3 Å². The number of hydrogen-bond donors (Lipinski definition) is 2. The van der Waals surface area contributed by atoms with Crippen LogP contribution in [-0.4, -0.2) is 68.0 Å². The number of halogens is 1. The first-order valence-corrected chi connectivity index (χ1v) is 10.2. The van der Waals surface area contributed by atoms with Crippen LogP contribution in [0, 0.1) is 5.92 Å². The van der Waals surface area contributed by atoms with E-state index in [9.17, 15) is 4.79 Å². The zero-order valence-electron chi connectivity index (χ0n) is 16.8. The summed E-state index contributed by atoms with van der Waals surface area (Å²) in [5.74, 6) is 1.46. The maximum atomic E-state index is 11.4. The van der Waals surface area contributed by atoms with Crippen molar-refractivity contribution in [2.45, 2.75) is 31.6 Å². The van der Waals surface area contributed by atoms with Crippen LogP contribution in [-0.2, 0) is 4.79 Å². The molecule has 3 N–H and O–H groups in total. The molecule has 7 heteroatoms. The molecule has 156 valence electrons. The van der Waals surface area contributed by atoms with Crippen LogP contribution < -0.4 is 11.1 Å². The van der Waals surface area contributed by atoms with E-state index in [4.69, 9.17) is 5.73 Å². The van der Waals surface area contributed by atoms with Crippen molar-refractivity contribution in [2.75, 3.05) is 46.3 Å². The molecule has 0 aliphatic carbocycles. The van der Waals surface area contributed by atoms with Crippen LogP contribution in [0.1, 0.15) is 37.2 Å². The summed E-state index contributed by atoms with van der Waals surface area (Å²) in [6, 6.07) is 10.8. The lowest BCUT2D eigenvalue weighted by atomic mass is 9.97. The molecule has 2 heterocycles. The minimum atomic E-state index is -0.153. The second kappa shape index (κ2) is 11.6. The molecule has 0 radical (unpaired) electrons. The van der Waals surface area contributed by atoms with Crippen molar-refractivity contribution < 1.29 is 4.79 Å². The fraction of sp³-hybridized carbons (Fsp3) is 0.619. The number of rotatable bonds is 6. The maximum Gasteiger partial charge on any atom is 0.221 e. The van der Waals surface area contributed by atoms with Gasteiger partial charge in [0.25, 0.3) is 0 Å². The van der Waals surface area contributed by atoms with Gasteiger partial charge in [0.1, 0.15) is 0 Å². The van der Waals surface area contributed by atoms with Gasteiger partial charge < -0.3 is 20.9 Å². The topological polar surface area (TPSA) is 74.0 Å². The Morgan fingerprint density at radius 1 is 1.21 bits per heavy atom. The molecule has 0 spiro atoms. The lowest BCUT2D eigenvalue weighted by Gasteiger charge is -2.31. The highest BCUT2D eigenvalue weighted by Gasteiger charge is 2.26. The van der Waals surface area contributed by atoms with E-state index in [0.29, 0.717) is 5.92 Å². The largest absolute Gasteiger partial charge is 0.369 e. The number of aliphatic imine (C=N–C) groups is 1. The Morgan fingerprint density at radius 2 is 2.00 bits per heavy atom. The van der Waals surface area contributed by atoms with E-state index in [1.54, 1.807) is 0 Å². The number of nitrogens with zero attached hydrogens (tertiary/aromatic N) is 3. The first kappa shape index (κ1) is 22.9. The van der Waals surface area contributed by atoms with Gasteiger partial charge in [-0.3, -0.25) is 9.79 Å². The van der Waals surface area contributed by atoms with Crippen molar-refractivity contribution >= 4 is 35.8 Å². The molecule has 28 heavy (non-hydrogen) atoms. The summed E-state index contributed by atoms with van der Waals surface area (Å²) >= 11 is 0. The summed E-state index contributed by atoms with van der Waals surface area (Å²) in [6.07, 6.45) is 4.22. The standard InChI is InChI=1S/C21H33N5O.HI/c1-23-21(26-14-10-18(16-26)17-7-3-2-4-8-17)24-11-6-13-25-12-5-9-19(15-25)20(22)27;/h2-4,7-8,18-19H,5-6,9-16H2,1H3,(H2,22,27)(H,23,24);1H. The average molecular weight is 499 g/mol. The lowest BCUT2D eigenvalue weighted by Crippen LogP contribution is -2.43. The van der Waals surface area contributed by atoms with Gasteiger partial charge in [0.2, 0.25) is 5.91 Å². The van der Waals surface area contributed by atoms with E-state index in [1.165, 1.54) is 12.0 Å². The molecule has 0 saturated carbocycles. The number of nitrogens with two attached hydrogens (primary N) is 1. The molecule has 2 fully saturated rings. The van der Waals surface area contributed by atoms with Crippen LogP contribution in [0.2, 0.25) is 0 Å². The van der Waals surface area contributed by atoms with Gasteiger partial charge in [-0.15, -0.1) is 24.0 Å². The summed E-state index contributed by atoms with van der Waals surface area (Å²) < 4.78 is 0. The molecule has 1 aromatic carbocycles. The number of guanidine groups is 1. The van der Waals surface area contributed by atoms with Crippen molar-refractivity contribution in [3.05, 3.63) is 35.9 Å². The normalized spacial score (nSPS) is 23.3. The number of hydrogen-bond acceptors (Lipinski definition) is 3. The Labute approximate surface area is 186 Å². The summed E-state index contributed by atoms with van der Waals surface area (Å²) in [5.41, 5.74) is 6.89. The van der Waals surface area contributed by atoms with Crippen LogP contribution in [0.15, 0.2) is 35.3 Å². The number of nitrogens with one attached hydrogen (secondary N) is 1. The number of likely N-dealkylation sites (tertiary alicyclic amines) is 2. The number of carbonyl (C=O) groups excluding carboxylic acids is 1. The molecule has 3 rings (SSSR count). The zero-order chi connectivity index (χ0) is 19.1. The maximum absolute atomic E-state index is 11.4. The van der Waals surface area contributed by atoms with E-state index in [1.807, 2.05) is 7.05 Å². The van der Waals surface area contributed by atoms with Crippen molar-refractivity contribution in [3.63, 3.8) is 0 Å². The smallest absolute Gasteiger partial charge is 0.221 e. The Morgan fingerprint density at radius 3 is 2.71 bits per heavy atom. The number of primary amides is 1. The Hall–Kier alpha value is -1.35. The Balaban J connectivity index is 0.00000280. The number of piperidine rings is 1. The fourth-order valence-corrected chi connectivity index (χ4v) is 4.28. The molecule has 2 saturated heterocycles. The molecular weight excluding hydrogens is 465 g/mol. The van der Waals surface area contributed by atoms with Crippen LogP contribution in [0.25, 0.3) is 0 Å². The fourth-order valence-electron chi connectivity index (χ4n) is 4.28. The number of benzene rings is 1. The minimum Gasteiger partial charge on any atom is -0.369 e. The molecule has 2 unspecified atom stereocenters. The van der Waals surface area contributed by atoms with E-state index >= 15 is 0 Å². The lowest BCUT2D eigenvalue weighted by molar-refractivity contribution is -0.123. The Kier molecular flexibility index (Phi) is 9.50. The molecule has 2 aliphatic heterocycles. The van der Waals surface area contributed by atoms with E-state index in [2.05, 4.69) is 50.4 Å². The van der Waals surface area contributed by atoms with Gasteiger partial charge >= 0.3 is 0 Å². The van der Waals surface area contributed by atoms with Gasteiger partial charge in [0, 0.05) is 39.1 Å². The average Bonchev–Trinajstić information content (AvgIpc) is 3.19. The van der Waals surface area contributed by atoms with Gasteiger partial charge in [-0.1, -0.05) is 30.3 Å². The SMILES string of the molecule is CN=C(NCCCN1CCCC(C(N)=O)C1)N1CCC(c2ccccc2)C1.I. The van der Waals surface area contributed by atoms with Gasteiger partial charge in [0.05, 0.1) is 5.92 Å². The van der Waals surface area contributed by atoms with Crippen LogP contribution in [0.4, 0.5) is 0 Å². The second-order valence-corrected chi connectivity index (χ2v) is 7.71. The predicted molar refractivity (Wildman–Crippen MR) is 125 cm³/mol. The van der Waals surface area contributed by atoms with Crippen molar-refractivity contribution in [2.24, 2.45) is 16.6 Å². The second-order valence-electron chi connectivity index (χ2n) is 7.71.